The zero-order valence-corrected chi connectivity index (χ0v) is 67.2. The van der Waals surface area contributed by atoms with Gasteiger partial charge in [-0.05, 0) is 13.8 Å². The quantitative estimate of drug-likeness (QED) is 0.0318. The molecule has 0 aliphatic carbocycles. The average Bonchev–Trinajstić information content (AvgIpc) is 0.748. The predicted molar refractivity (Wildman–Crippen MR) is 380 cm³/mol. The summed E-state index contributed by atoms with van der Waals surface area (Å²) in [6.45, 7) is -7.88. The molecule has 0 unspecified atom stereocenters. The molecule has 58 atom stereocenters. The van der Waals surface area contributed by atoms with Crippen LogP contribution in [0.5, 0.6) is 0 Å². The lowest BCUT2D eigenvalue weighted by Gasteiger charge is -2.50. The molecule has 12 aliphatic heterocycles. The molecule has 0 aromatic carbocycles. The van der Waals surface area contributed by atoms with Crippen molar-refractivity contribution in [3.63, 3.8) is 0 Å². The zero-order valence-electron chi connectivity index (χ0n) is 67.2. The summed E-state index contributed by atoms with van der Waals surface area (Å²) >= 11 is 0. The first-order valence-corrected chi connectivity index (χ1v) is 40.8. The predicted octanol–water partition coefficient (Wildman–Crippen LogP) is -23.8. The molecule has 34 N–H and O–H groups in total. The van der Waals surface area contributed by atoms with E-state index < -0.39 is 422 Å². The summed E-state index contributed by atoms with van der Waals surface area (Å²) in [5.74, 6) is 0. The molecule has 57 heteroatoms. The minimum atomic E-state index is -2.50. The number of hydrogen-bond donors (Lipinski definition) is 34. The van der Waals surface area contributed by atoms with E-state index in [-0.39, 0.29) is 0 Å². The van der Waals surface area contributed by atoms with Gasteiger partial charge in [0.05, 0.1) is 78.3 Å². The van der Waals surface area contributed by atoms with Crippen LogP contribution in [0.3, 0.4) is 0 Å². The Morgan fingerprint density at radius 2 is 0.402 bits per heavy atom. The van der Waals surface area contributed by atoms with Gasteiger partial charge in [0.1, 0.15) is 269 Å². The van der Waals surface area contributed by atoms with Gasteiger partial charge in [-0.2, -0.15) is 0 Å². The van der Waals surface area contributed by atoms with E-state index >= 15 is 0 Å². The molecule has 0 bridgehead atoms. The molecule has 12 saturated heterocycles. The molecule has 0 radical (unpaired) electrons. The first-order chi connectivity index (χ1) is 60.1. The van der Waals surface area contributed by atoms with Crippen LogP contribution >= 0.6 is 0 Å². The van der Waals surface area contributed by atoms with Crippen molar-refractivity contribution in [2.45, 2.75) is 370 Å². The van der Waals surface area contributed by atoms with Crippen LogP contribution in [0.2, 0.25) is 0 Å². The van der Waals surface area contributed by atoms with Gasteiger partial charge in [-0.15, -0.1) is 0 Å². The second-order valence-electron chi connectivity index (χ2n) is 32.8. The van der Waals surface area contributed by atoms with Crippen LogP contribution < -0.4 is 0 Å². The molecule has 12 rings (SSSR count). The Kier molecular flexibility index (Phi) is 36.3. The van der Waals surface area contributed by atoms with Crippen LogP contribution in [0.25, 0.3) is 0 Å². The third-order valence-electron chi connectivity index (χ3n) is 24.2. The van der Waals surface area contributed by atoms with E-state index in [0.717, 1.165) is 0 Å². The number of rotatable bonds is 30. The highest BCUT2D eigenvalue weighted by molar-refractivity contribution is 5.04. The Morgan fingerprint density at radius 1 is 0.189 bits per heavy atom. The SMILES string of the molecule is C[C@@H]1O[C@@H](O[C@H]2[C@H](O[C@H]3[C@@H](OC[C@H]4O[C@@H](O[C@H]5[C@H](O)[C@@H](O)[C@H](O[C@H]6[C@H](O)[C@@H](O)[C@H](O[C@H]7[C@H](O)[C@@H](O)[C@H](O[C@H]8[C@H](O)[C@@H](O)[C@H](O)O[C@@H]8CO)O[C@@H]7CO[C@H]7OC[C@@H](O)[C@H](O)[C@H]7O[C@@H]7O[C@H](CO)[C@H](O)[C@H](O)[C@H]7O[C@@H]7O[C@@H](C)[C@@H](O)[C@@H](O)[C@@H]7O)O[C@@H]6CO)O[C@@H]5CO)[C@H](O)[C@@H](O)[C@@H]4O[C@@H]4O[C@H](CO)[C@@H](O)[C@H](O)[C@H]4O)OC[C@@H](O)[C@@H]3O)O[C@H](CO)[C@H](O)[C@@H]2O)[C@@H](O)[C@H](O)[C@@H]1O. The van der Waals surface area contributed by atoms with Crippen LogP contribution in [0.4, 0.5) is 0 Å². The number of ether oxygens (including phenoxy) is 23. The molecule has 57 nitrogen and oxygen atoms in total. The summed E-state index contributed by atoms with van der Waals surface area (Å²) in [6.07, 6.45) is -120. The normalized spacial score (nSPS) is 54.6. The summed E-state index contributed by atoms with van der Waals surface area (Å²) in [6, 6.07) is 0. The van der Waals surface area contributed by atoms with Crippen molar-refractivity contribution in [2.24, 2.45) is 0 Å². The molecule has 12 aliphatic rings. The van der Waals surface area contributed by atoms with Crippen molar-refractivity contribution in [1.29, 1.82) is 0 Å². The van der Waals surface area contributed by atoms with Crippen LogP contribution in [0.15, 0.2) is 0 Å². The smallest absolute Gasteiger partial charge is 0.187 e. The van der Waals surface area contributed by atoms with Crippen molar-refractivity contribution >= 4 is 0 Å². The van der Waals surface area contributed by atoms with Crippen LogP contribution in [-0.4, -0.2) is 596 Å². The molecule has 740 valence electrons. The summed E-state index contributed by atoms with van der Waals surface area (Å²) in [5, 5.41) is 375. The number of aliphatic hydroxyl groups is 34. The molecular weight excluding hydrogens is 1750 g/mol. The van der Waals surface area contributed by atoms with E-state index in [9.17, 15) is 174 Å². The second kappa shape index (κ2) is 44.5. The fraction of sp³-hybridized carbons (Fsp3) is 1.00. The van der Waals surface area contributed by atoms with Crippen molar-refractivity contribution in [2.75, 3.05) is 66.1 Å². The molecule has 12 fully saturated rings. The van der Waals surface area contributed by atoms with Gasteiger partial charge in [-0.3, -0.25) is 0 Å². The van der Waals surface area contributed by atoms with E-state index in [1.165, 1.54) is 13.8 Å². The first-order valence-electron chi connectivity index (χ1n) is 40.8. The Labute approximate surface area is 716 Å². The van der Waals surface area contributed by atoms with E-state index in [0.29, 0.717) is 0 Å². The van der Waals surface area contributed by atoms with Crippen molar-refractivity contribution < 1.29 is 283 Å². The van der Waals surface area contributed by atoms with Gasteiger partial charge < -0.3 is 283 Å². The van der Waals surface area contributed by atoms with Gasteiger partial charge in [0.25, 0.3) is 0 Å². The molecule has 0 amide bonds. The molecule has 0 aromatic rings. The van der Waals surface area contributed by atoms with Crippen molar-refractivity contribution in [3.05, 3.63) is 0 Å². The lowest BCUT2D eigenvalue weighted by molar-refractivity contribution is -0.401. The molecular formula is C70H118O57. The van der Waals surface area contributed by atoms with Crippen LogP contribution in [0.1, 0.15) is 13.8 Å². The lowest BCUT2D eigenvalue weighted by atomic mass is 9.95. The Morgan fingerprint density at radius 3 is 0.717 bits per heavy atom. The van der Waals surface area contributed by atoms with E-state index in [1.54, 1.807) is 0 Å². The topological polar surface area (TPSA) is 900 Å². The first kappa shape index (κ1) is 104. The van der Waals surface area contributed by atoms with E-state index in [1.807, 2.05) is 0 Å². The summed E-state index contributed by atoms with van der Waals surface area (Å²) < 4.78 is 133. The van der Waals surface area contributed by atoms with Gasteiger partial charge in [0.2, 0.25) is 0 Å². The maximum Gasteiger partial charge on any atom is 0.187 e. The van der Waals surface area contributed by atoms with Crippen LogP contribution in [0, 0.1) is 0 Å². The molecule has 127 heavy (non-hydrogen) atoms. The highest BCUT2D eigenvalue weighted by Gasteiger charge is 2.62. The minimum absolute atomic E-state index is 0.782. The fourth-order valence-electron chi connectivity index (χ4n) is 16.5. The summed E-state index contributed by atoms with van der Waals surface area (Å²) in [4.78, 5) is 0. The van der Waals surface area contributed by atoms with Gasteiger partial charge in [-0.1, -0.05) is 0 Å². The Balaban J connectivity index is 0.751. The minimum Gasteiger partial charge on any atom is -0.394 e. The van der Waals surface area contributed by atoms with Crippen LogP contribution in [-0.2, 0) is 109 Å². The maximum atomic E-state index is 12.1. The zero-order chi connectivity index (χ0) is 92.8. The highest BCUT2D eigenvalue weighted by Crippen LogP contribution is 2.42. The number of hydrogen-bond acceptors (Lipinski definition) is 57. The Bertz CT molecular complexity index is 3300. The molecule has 0 aromatic heterocycles. The van der Waals surface area contributed by atoms with Gasteiger partial charge >= 0.3 is 0 Å². The monoisotopic (exact) mass is 1870 g/mol. The maximum absolute atomic E-state index is 12.1. The third-order valence-corrected chi connectivity index (χ3v) is 24.2. The van der Waals surface area contributed by atoms with Gasteiger partial charge in [-0.25, -0.2) is 0 Å². The fourth-order valence-corrected chi connectivity index (χ4v) is 16.5. The summed E-state index contributed by atoms with van der Waals surface area (Å²) in [5.41, 5.74) is 0. The molecule has 0 spiro atoms. The summed E-state index contributed by atoms with van der Waals surface area (Å²) in [7, 11) is 0. The van der Waals surface area contributed by atoms with Gasteiger partial charge in [0, 0.05) is 0 Å². The second-order valence-corrected chi connectivity index (χ2v) is 32.8. The Hall–Kier alpha value is -2.28. The lowest BCUT2D eigenvalue weighted by Crippen LogP contribution is -2.68. The van der Waals surface area contributed by atoms with Gasteiger partial charge in [0.15, 0.2) is 75.5 Å². The standard InChI is InChI=1S/C70H118O57/c1-13-25(79)32(86)43(97)60(109-13)124-57-35(89)30(84)18(4-72)113-69(57)126-55-27(81)15(77)9-105-67(55)107-11-23-53(122-62-45(99)34(88)29(83)17(3-71)112-62)40(94)49(103)66(118-23)121-52-22(8-76)115-63(46(100)38(52)92)120-51-21(7-75)116-64(47(101)39(51)93)123-54-24(117-65(48(102)41(54)95)119-50-20(6-74)111-59(104)42(96)37(50)91)12-108-68-56(28(82)16(78)10-106-68)127-70-58(36(90)31(85)19(5-73)114-70)125-61-44(98)33(87)26(80)14(2)110-61/h13-104H,3-12H2,1-2H3/t13-,14-,15+,16+,17+,18+,19+,20+,21+,22+,23+,24+,25+,26+,27-,28-,29+,30-,31-,32+,33+,34-,35-,36-,37+,38+,39+,40+,41+,42+,43-,44-,45+,46+,47+,48+,49+,50+,51+,52+,53+,54+,55+,56+,57+,58+,59+,60-,61-,62-,63-,64-,65-,66-,67+,68+,69-,70-/m0/s1. The molecule has 0 saturated carbocycles. The molecule has 12 heterocycles. The largest absolute Gasteiger partial charge is 0.394 e. The third kappa shape index (κ3) is 21.8. The average molecular weight is 1870 g/mol. The van der Waals surface area contributed by atoms with E-state index in [2.05, 4.69) is 0 Å². The number of aliphatic hydroxyl groups excluding tert-OH is 34. The van der Waals surface area contributed by atoms with Crippen molar-refractivity contribution in [1.82, 2.24) is 0 Å². The van der Waals surface area contributed by atoms with E-state index in [4.69, 9.17) is 109 Å². The van der Waals surface area contributed by atoms with Crippen molar-refractivity contribution in [3.8, 4) is 0 Å². The highest BCUT2D eigenvalue weighted by atomic mass is 16.8.